The van der Waals surface area contributed by atoms with Gasteiger partial charge in [0.1, 0.15) is 17.5 Å². The lowest BCUT2D eigenvalue weighted by atomic mass is 10.0. The van der Waals surface area contributed by atoms with Crippen molar-refractivity contribution >= 4 is 11.8 Å². The summed E-state index contributed by atoms with van der Waals surface area (Å²) in [6.07, 6.45) is 7.49. The fourth-order valence-electron chi connectivity index (χ4n) is 3.10. The zero-order valence-electron chi connectivity index (χ0n) is 14.1. The molecular weight excluding hydrogens is 326 g/mol. The highest BCUT2D eigenvalue weighted by Gasteiger charge is 2.17. The first-order valence-corrected chi connectivity index (χ1v) is 8.45. The number of hydrogen-bond acceptors (Lipinski definition) is 7. The van der Waals surface area contributed by atoms with Gasteiger partial charge in [0.25, 0.3) is 0 Å². The molecule has 0 bridgehead atoms. The second kappa shape index (κ2) is 6.76. The summed E-state index contributed by atoms with van der Waals surface area (Å²) in [5, 5.41) is 9.51. The lowest BCUT2D eigenvalue weighted by molar-refractivity contribution is 0.899. The van der Waals surface area contributed by atoms with Crippen molar-refractivity contribution in [2.75, 3.05) is 23.7 Å². The third kappa shape index (κ3) is 2.93. The topological polar surface area (TPSA) is 105 Å². The van der Waals surface area contributed by atoms with E-state index < -0.39 is 0 Å². The van der Waals surface area contributed by atoms with Gasteiger partial charge in [-0.15, -0.1) is 0 Å². The minimum Gasteiger partial charge on any atom is -0.383 e. The molecule has 1 aliphatic heterocycles. The molecule has 0 spiro atoms. The number of nitrogen functional groups attached to an aromatic ring is 1. The first-order chi connectivity index (χ1) is 12.8. The smallest absolute Gasteiger partial charge is 0.225 e. The molecule has 0 aromatic carbocycles. The van der Waals surface area contributed by atoms with Crippen LogP contribution in [0.4, 0.5) is 11.8 Å². The van der Waals surface area contributed by atoms with Gasteiger partial charge in [0, 0.05) is 42.8 Å². The van der Waals surface area contributed by atoms with Gasteiger partial charge in [-0.25, -0.2) is 15.0 Å². The highest BCUT2D eigenvalue weighted by molar-refractivity contribution is 5.78. The molecule has 0 radical (unpaired) electrons. The molecule has 1 saturated heterocycles. The van der Waals surface area contributed by atoms with E-state index in [4.69, 9.17) is 5.73 Å². The first-order valence-electron chi connectivity index (χ1n) is 8.45. The number of nitrogens with two attached hydrogens (primary N) is 1. The van der Waals surface area contributed by atoms with Gasteiger partial charge in [-0.05, 0) is 31.0 Å². The van der Waals surface area contributed by atoms with E-state index in [0.29, 0.717) is 22.5 Å². The Labute approximate surface area is 151 Å². The average Bonchev–Trinajstić information content (AvgIpc) is 3.23. The molecule has 3 aromatic heterocycles. The molecule has 128 valence electrons. The zero-order valence-corrected chi connectivity index (χ0v) is 14.1. The molecular formula is C19H17N7. The van der Waals surface area contributed by atoms with Crippen LogP contribution in [0.2, 0.25) is 0 Å². The number of rotatable bonds is 3. The van der Waals surface area contributed by atoms with Crippen LogP contribution < -0.4 is 10.6 Å². The van der Waals surface area contributed by atoms with Crippen molar-refractivity contribution in [1.29, 1.82) is 5.26 Å². The van der Waals surface area contributed by atoms with Crippen LogP contribution >= 0.6 is 0 Å². The van der Waals surface area contributed by atoms with Gasteiger partial charge < -0.3 is 10.6 Å². The molecule has 7 heteroatoms. The van der Waals surface area contributed by atoms with E-state index >= 15 is 0 Å². The maximum absolute atomic E-state index is 9.51. The molecule has 1 aliphatic rings. The number of nitrogens with zero attached hydrogens (tertiary/aromatic N) is 6. The molecule has 0 unspecified atom stereocenters. The summed E-state index contributed by atoms with van der Waals surface area (Å²) in [5.74, 6) is 0.894. The fraction of sp³-hybridized carbons (Fsp3) is 0.211. The molecule has 4 heterocycles. The highest BCUT2D eigenvalue weighted by Crippen LogP contribution is 2.30. The second-order valence-corrected chi connectivity index (χ2v) is 6.11. The van der Waals surface area contributed by atoms with E-state index in [-0.39, 0.29) is 5.82 Å². The largest absolute Gasteiger partial charge is 0.383 e. The van der Waals surface area contributed by atoms with E-state index in [2.05, 4.69) is 30.9 Å². The molecule has 0 aliphatic carbocycles. The fourth-order valence-corrected chi connectivity index (χ4v) is 3.10. The van der Waals surface area contributed by atoms with Crippen molar-refractivity contribution in [2.45, 2.75) is 12.8 Å². The van der Waals surface area contributed by atoms with Crippen LogP contribution in [0, 0.1) is 11.3 Å². The Hall–Kier alpha value is -3.53. The SMILES string of the molecule is N#Cc1c(-c2cnc(N3CCCC3)nc2)cc(-c2ccccn2)nc1N. The monoisotopic (exact) mass is 343 g/mol. The quantitative estimate of drug-likeness (QED) is 0.779. The number of nitriles is 1. The predicted molar refractivity (Wildman–Crippen MR) is 99.1 cm³/mol. The average molecular weight is 343 g/mol. The number of pyridine rings is 2. The van der Waals surface area contributed by atoms with Gasteiger partial charge in [0.2, 0.25) is 5.95 Å². The van der Waals surface area contributed by atoms with E-state index in [1.807, 2.05) is 24.3 Å². The summed E-state index contributed by atoms with van der Waals surface area (Å²) in [6.45, 7) is 1.96. The molecule has 0 saturated carbocycles. The Balaban J connectivity index is 1.77. The van der Waals surface area contributed by atoms with Crippen molar-refractivity contribution in [3.8, 4) is 28.6 Å². The van der Waals surface area contributed by atoms with Gasteiger partial charge in [0.05, 0.1) is 11.4 Å². The number of anilines is 2. The van der Waals surface area contributed by atoms with Crippen molar-refractivity contribution < 1.29 is 0 Å². The highest BCUT2D eigenvalue weighted by atomic mass is 15.3. The molecule has 3 aromatic rings. The summed E-state index contributed by atoms with van der Waals surface area (Å²) >= 11 is 0. The Bertz CT molecular complexity index is 956. The molecule has 1 fully saturated rings. The van der Waals surface area contributed by atoms with E-state index in [1.54, 1.807) is 18.6 Å². The van der Waals surface area contributed by atoms with Gasteiger partial charge in [-0.2, -0.15) is 5.26 Å². The van der Waals surface area contributed by atoms with Crippen molar-refractivity contribution in [3.05, 3.63) is 48.4 Å². The summed E-state index contributed by atoms with van der Waals surface area (Å²) < 4.78 is 0. The van der Waals surface area contributed by atoms with Gasteiger partial charge >= 0.3 is 0 Å². The molecule has 4 rings (SSSR count). The summed E-state index contributed by atoms with van der Waals surface area (Å²) in [4.78, 5) is 19.7. The van der Waals surface area contributed by atoms with Crippen LogP contribution in [0.25, 0.3) is 22.5 Å². The molecule has 26 heavy (non-hydrogen) atoms. The Morgan fingerprint density at radius 3 is 2.46 bits per heavy atom. The van der Waals surface area contributed by atoms with Crippen LogP contribution in [-0.4, -0.2) is 33.0 Å². The van der Waals surface area contributed by atoms with Crippen molar-refractivity contribution in [3.63, 3.8) is 0 Å². The van der Waals surface area contributed by atoms with E-state index in [1.165, 1.54) is 0 Å². The van der Waals surface area contributed by atoms with Gasteiger partial charge in [-0.1, -0.05) is 6.07 Å². The normalized spacial score (nSPS) is 13.6. The minimum absolute atomic E-state index is 0.175. The maximum atomic E-state index is 9.51. The predicted octanol–water partition coefficient (Wildman–Crippen LogP) is 2.65. The third-order valence-electron chi connectivity index (χ3n) is 4.42. The Kier molecular flexibility index (Phi) is 4.15. The van der Waals surface area contributed by atoms with Crippen LogP contribution in [0.15, 0.2) is 42.9 Å². The summed E-state index contributed by atoms with van der Waals surface area (Å²) in [6, 6.07) is 9.52. The Morgan fingerprint density at radius 2 is 1.81 bits per heavy atom. The van der Waals surface area contributed by atoms with Crippen LogP contribution in [-0.2, 0) is 0 Å². The summed E-state index contributed by atoms with van der Waals surface area (Å²) in [7, 11) is 0. The molecule has 0 atom stereocenters. The van der Waals surface area contributed by atoms with E-state index in [9.17, 15) is 5.26 Å². The molecule has 7 nitrogen and oxygen atoms in total. The summed E-state index contributed by atoms with van der Waals surface area (Å²) in [5.41, 5.74) is 9.05. The maximum Gasteiger partial charge on any atom is 0.225 e. The standard InChI is InChI=1S/C19H17N7/c20-10-15-14(9-17(25-18(15)21)16-5-1-2-6-22-16)13-11-23-19(24-12-13)26-7-3-4-8-26/h1-2,5-6,9,11-12H,3-4,7-8H2,(H2,21,25). The lowest BCUT2D eigenvalue weighted by Gasteiger charge is -2.15. The molecule has 0 amide bonds. The van der Waals surface area contributed by atoms with Crippen LogP contribution in [0.3, 0.4) is 0 Å². The zero-order chi connectivity index (χ0) is 17.9. The lowest BCUT2D eigenvalue weighted by Crippen LogP contribution is -2.20. The van der Waals surface area contributed by atoms with Crippen LogP contribution in [0.5, 0.6) is 0 Å². The van der Waals surface area contributed by atoms with Crippen molar-refractivity contribution in [2.24, 2.45) is 0 Å². The Morgan fingerprint density at radius 1 is 1.04 bits per heavy atom. The minimum atomic E-state index is 0.175. The number of aromatic nitrogens is 4. The van der Waals surface area contributed by atoms with Crippen molar-refractivity contribution in [1.82, 2.24) is 19.9 Å². The first kappa shape index (κ1) is 16.0. The third-order valence-corrected chi connectivity index (χ3v) is 4.42. The van der Waals surface area contributed by atoms with Gasteiger partial charge in [-0.3, -0.25) is 4.98 Å². The van der Waals surface area contributed by atoms with Crippen LogP contribution in [0.1, 0.15) is 18.4 Å². The van der Waals surface area contributed by atoms with Gasteiger partial charge in [0.15, 0.2) is 0 Å². The number of hydrogen-bond donors (Lipinski definition) is 1. The second-order valence-electron chi connectivity index (χ2n) is 6.11. The van der Waals surface area contributed by atoms with E-state index in [0.717, 1.165) is 37.4 Å². The molecule has 2 N–H and O–H groups in total.